The third-order valence-corrected chi connectivity index (χ3v) is 3.40. The van der Waals surface area contributed by atoms with Crippen LogP contribution in [0.15, 0.2) is 11.1 Å². The van der Waals surface area contributed by atoms with E-state index in [2.05, 4.69) is 0 Å². The number of carboxylic acids is 2. The number of carbonyl (C=O) groups excluding carboxylic acids is 2. The van der Waals surface area contributed by atoms with Gasteiger partial charge in [0, 0.05) is 17.6 Å². The van der Waals surface area contributed by atoms with Gasteiger partial charge in [0.15, 0.2) is 0 Å². The minimum Gasteiger partial charge on any atom is -0.481 e. The Kier molecular flexibility index (Phi) is 5.63. The lowest BCUT2D eigenvalue weighted by molar-refractivity contribution is -0.154. The summed E-state index contributed by atoms with van der Waals surface area (Å²) in [5, 5.41) is 17.9. The first-order chi connectivity index (χ1) is 9.84. The summed E-state index contributed by atoms with van der Waals surface area (Å²) in [5.74, 6) is -3.75. The van der Waals surface area contributed by atoms with Crippen LogP contribution in [0.25, 0.3) is 0 Å². The largest absolute Gasteiger partial charge is 0.481 e. The predicted molar refractivity (Wildman–Crippen MR) is 72.4 cm³/mol. The van der Waals surface area contributed by atoms with E-state index in [1.54, 1.807) is 6.92 Å². The summed E-state index contributed by atoms with van der Waals surface area (Å²) in [6, 6.07) is -1.43. The highest BCUT2D eigenvalue weighted by molar-refractivity contribution is 6.20. The van der Waals surface area contributed by atoms with Crippen molar-refractivity contribution in [2.24, 2.45) is 0 Å². The molecule has 21 heavy (non-hydrogen) atoms. The molecule has 2 amide bonds. The highest BCUT2D eigenvalue weighted by atomic mass is 16.4. The van der Waals surface area contributed by atoms with Crippen molar-refractivity contribution in [1.82, 2.24) is 4.90 Å². The van der Waals surface area contributed by atoms with E-state index in [0.717, 1.165) is 0 Å². The minimum atomic E-state index is -1.43. The molecule has 0 aromatic heterocycles. The Morgan fingerprint density at radius 3 is 2.10 bits per heavy atom. The van der Waals surface area contributed by atoms with Crippen LogP contribution < -0.4 is 0 Å². The van der Waals surface area contributed by atoms with Gasteiger partial charge >= 0.3 is 11.9 Å². The van der Waals surface area contributed by atoms with Crippen LogP contribution in [0.2, 0.25) is 0 Å². The second kappa shape index (κ2) is 7.01. The van der Waals surface area contributed by atoms with Gasteiger partial charge in [0.05, 0.1) is 0 Å². The van der Waals surface area contributed by atoms with E-state index in [1.807, 2.05) is 6.92 Å². The van der Waals surface area contributed by atoms with Gasteiger partial charge in [-0.2, -0.15) is 0 Å². The molecule has 0 fully saturated rings. The Bertz CT molecular complexity index is 508. The number of hydrogen-bond acceptors (Lipinski definition) is 4. The molecule has 116 valence electrons. The lowest BCUT2D eigenvalue weighted by Crippen LogP contribution is -2.46. The molecule has 0 aromatic carbocycles. The Morgan fingerprint density at radius 1 is 1.10 bits per heavy atom. The molecular formula is C14H19NO6. The Labute approximate surface area is 122 Å². The zero-order valence-electron chi connectivity index (χ0n) is 12.1. The minimum absolute atomic E-state index is 0.293. The molecule has 2 N–H and O–H groups in total. The first-order valence-corrected chi connectivity index (χ1v) is 6.89. The molecular weight excluding hydrogens is 278 g/mol. The maximum atomic E-state index is 12.3. The van der Waals surface area contributed by atoms with Gasteiger partial charge in [-0.25, -0.2) is 4.79 Å². The highest BCUT2D eigenvalue weighted by Crippen LogP contribution is 2.29. The molecule has 1 aliphatic rings. The molecule has 1 rings (SSSR count). The van der Waals surface area contributed by atoms with E-state index in [0.29, 0.717) is 35.3 Å². The fourth-order valence-corrected chi connectivity index (χ4v) is 2.42. The molecule has 1 heterocycles. The topological polar surface area (TPSA) is 112 Å². The maximum Gasteiger partial charge on any atom is 0.326 e. The standard InChI is InChI=1S/C14H19NO6/c1-3-5-9-8(4-2)12(18)15(13(9)19)10(14(20)21)6-7-11(16)17/h10H,3-7H2,1-2H3,(H,16,17)(H,20,21). The van der Waals surface area contributed by atoms with Crippen molar-refractivity contribution in [3.8, 4) is 0 Å². The van der Waals surface area contributed by atoms with Gasteiger partial charge < -0.3 is 10.2 Å². The van der Waals surface area contributed by atoms with Crippen LogP contribution in [-0.4, -0.2) is 44.9 Å². The molecule has 1 unspecified atom stereocenters. The normalized spacial score (nSPS) is 16.6. The molecule has 7 heteroatoms. The molecule has 0 aliphatic carbocycles. The lowest BCUT2D eigenvalue weighted by Gasteiger charge is -2.22. The fraction of sp³-hybridized carbons (Fsp3) is 0.571. The average molecular weight is 297 g/mol. The zero-order chi connectivity index (χ0) is 16.2. The number of carboxylic acid groups (broad SMARTS) is 2. The molecule has 0 aromatic rings. The SMILES string of the molecule is CCCC1=C(CC)C(=O)N(C(CCC(=O)O)C(=O)O)C1=O. The second-order valence-corrected chi connectivity index (χ2v) is 4.83. The Hall–Kier alpha value is -2.18. The van der Waals surface area contributed by atoms with Crippen molar-refractivity contribution >= 4 is 23.8 Å². The van der Waals surface area contributed by atoms with Gasteiger partial charge in [0.1, 0.15) is 6.04 Å². The smallest absolute Gasteiger partial charge is 0.326 e. The number of aliphatic carboxylic acids is 2. The summed E-state index contributed by atoms with van der Waals surface area (Å²) in [6.07, 6.45) is 0.715. The third kappa shape index (κ3) is 3.48. The van der Waals surface area contributed by atoms with Crippen molar-refractivity contribution in [2.45, 2.75) is 52.0 Å². The number of hydrogen-bond donors (Lipinski definition) is 2. The van der Waals surface area contributed by atoms with Crippen LogP contribution in [-0.2, 0) is 19.2 Å². The summed E-state index contributed by atoms with van der Waals surface area (Å²) in [7, 11) is 0. The molecule has 0 radical (unpaired) electrons. The molecule has 1 aliphatic heterocycles. The van der Waals surface area contributed by atoms with Crippen LogP contribution in [0.1, 0.15) is 46.0 Å². The van der Waals surface area contributed by atoms with Gasteiger partial charge in [0.25, 0.3) is 11.8 Å². The maximum absolute atomic E-state index is 12.3. The molecule has 0 spiro atoms. The van der Waals surface area contributed by atoms with Crippen molar-refractivity contribution in [3.63, 3.8) is 0 Å². The monoisotopic (exact) mass is 297 g/mol. The number of carbonyl (C=O) groups is 4. The van der Waals surface area contributed by atoms with Crippen LogP contribution >= 0.6 is 0 Å². The number of amides is 2. The van der Waals surface area contributed by atoms with Crippen LogP contribution in [0.3, 0.4) is 0 Å². The van der Waals surface area contributed by atoms with Crippen LogP contribution in [0.4, 0.5) is 0 Å². The predicted octanol–water partition coefficient (Wildman–Crippen LogP) is 1.18. The number of nitrogens with zero attached hydrogens (tertiary/aromatic N) is 1. The van der Waals surface area contributed by atoms with Gasteiger partial charge in [0.2, 0.25) is 0 Å². The van der Waals surface area contributed by atoms with E-state index in [9.17, 15) is 24.3 Å². The van der Waals surface area contributed by atoms with E-state index >= 15 is 0 Å². The average Bonchev–Trinajstić information content (AvgIpc) is 2.63. The zero-order valence-corrected chi connectivity index (χ0v) is 12.1. The van der Waals surface area contributed by atoms with Crippen molar-refractivity contribution < 1.29 is 29.4 Å². The van der Waals surface area contributed by atoms with E-state index in [4.69, 9.17) is 5.11 Å². The van der Waals surface area contributed by atoms with Gasteiger partial charge in [-0.15, -0.1) is 0 Å². The van der Waals surface area contributed by atoms with Crippen LogP contribution in [0, 0.1) is 0 Å². The Morgan fingerprint density at radius 2 is 1.67 bits per heavy atom. The fourth-order valence-electron chi connectivity index (χ4n) is 2.42. The summed E-state index contributed by atoms with van der Waals surface area (Å²) in [4.78, 5) is 47.2. The van der Waals surface area contributed by atoms with Gasteiger partial charge in [-0.1, -0.05) is 20.3 Å². The summed E-state index contributed by atoms with van der Waals surface area (Å²) >= 11 is 0. The molecule has 1 atom stereocenters. The van der Waals surface area contributed by atoms with Gasteiger partial charge in [-0.05, 0) is 19.3 Å². The summed E-state index contributed by atoms with van der Waals surface area (Å²) < 4.78 is 0. The van der Waals surface area contributed by atoms with E-state index in [1.165, 1.54) is 0 Å². The summed E-state index contributed by atoms with van der Waals surface area (Å²) in [5.41, 5.74) is 0.690. The van der Waals surface area contributed by atoms with Gasteiger partial charge in [-0.3, -0.25) is 19.3 Å². The molecule has 0 bridgehead atoms. The van der Waals surface area contributed by atoms with Crippen LogP contribution in [0.5, 0.6) is 0 Å². The Balaban J connectivity index is 3.07. The van der Waals surface area contributed by atoms with E-state index in [-0.39, 0.29) is 6.42 Å². The molecule has 0 saturated carbocycles. The highest BCUT2D eigenvalue weighted by Gasteiger charge is 2.43. The first kappa shape index (κ1) is 16.9. The third-order valence-electron chi connectivity index (χ3n) is 3.40. The van der Waals surface area contributed by atoms with Crippen molar-refractivity contribution in [2.75, 3.05) is 0 Å². The van der Waals surface area contributed by atoms with E-state index < -0.39 is 36.2 Å². The number of rotatable bonds is 8. The van der Waals surface area contributed by atoms with Crippen molar-refractivity contribution in [3.05, 3.63) is 11.1 Å². The quantitative estimate of drug-likeness (QED) is 0.651. The first-order valence-electron chi connectivity index (χ1n) is 6.89. The number of imide groups is 1. The molecule has 0 saturated heterocycles. The molecule has 7 nitrogen and oxygen atoms in total. The summed E-state index contributed by atoms with van der Waals surface area (Å²) in [6.45, 7) is 3.59. The lowest BCUT2D eigenvalue weighted by atomic mass is 10.0. The second-order valence-electron chi connectivity index (χ2n) is 4.83. The van der Waals surface area contributed by atoms with Crippen molar-refractivity contribution in [1.29, 1.82) is 0 Å².